The van der Waals surface area contributed by atoms with E-state index in [9.17, 15) is 4.79 Å². The molecule has 0 aliphatic heterocycles. The first-order valence-corrected chi connectivity index (χ1v) is 7.75. The number of anilines is 1. The third-order valence-corrected chi connectivity index (χ3v) is 3.94. The topological polar surface area (TPSA) is 58.4 Å². The molecule has 4 nitrogen and oxygen atoms in total. The van der Waals surface area contributed by atoms with Gasteiger partial charge in [-0.2, -0.15) is 0 Å². The average Bonchev–Trinajstić information content (AvgIpc) is 2.39. The fourth-order valence-electron chi connectivity index (χ4n) is 1.93. The number of amides is 1. The van der Waals surface area contributed by atoms with Crippen molar-refractivity contribution >= 4 is 44.7 Å². The van der Waals surface area contributed by atoms with Crippen LogP contribution in [0.25, 0.3) is 0 Å². The molecule has 0 radical (unpaired) electrons. The van der Waals surface area contributed by atoms with Gasteiger partial charge in [-0.1, -0.05) is 12.2 Å². The van der Waals surface area contributed by atoms with Crippen molar-refractivity contribution in [3.63, 3.8) is 0 Å². The summed E-state index contributed by atoms with van der Waals surface area (Å²) in [7, 11) is 0. The van der Waals surface area contributed by atoms with E-state index >= 15 is 0 Å². The molecular formula is C14H20BrN3OS. The van der Waals surface area contributed by atoms with Crippen LogP contribution < -0.4 is 11.1 Å². The maximum atomic E-state index is 12.2. The van der Waals surface area contributed by atoms with Crippen LogP contribution in [0.2, 0.25) is 0 Å². The van der Waals surface area contributed by atoms with E-state index in [1.807, 2.05) is 39.0 Å². The summed E-state index contributed by atoms with van der Waals surface area (Å²) in [5.74, 6) is 0.0875. The number of carbonyl (C=O) groups is 1. The fraction of sp³-hybridized carbons (Fsp3) is 0.429. The largest absolute Gasteiger partial charge is 0.389 e. The molecular weight excluding hydrogens is 338 g/mol. The summed E-state index contributed by atoms with van der Waals surface area (Å²) >= 11 is 8.38. The number of nitrogens with zero attached hydrogens (tertiary/aromatic N) is 1. The number of hydrogen-bond donors (Lipinski definition) is 2. The van der Waals surface area contributed by atoms with Crippen molar-refractivity contribution in [2.45, 2.75) is 26.8 Å². The predicted molar refractivity (Wildman–Crippen MR) is 91.0 cm³/mol. The lowest BCUT2D eigenvalue weighted by Crippen LogP contribution is -2.41. The molecule has 1 aromatic carbocycles. The molecule has 1 atom stereocenters. The van der Waals surface area contributed by atoms with Crippen LogP contribution in [0.4, 0.5) is 5.69 Å². The monoisotopic (exact) mass is 357 g/mol. The Bertz CT molecular complexity index is 503. The highest BCUT2D eigenvalue weighted by Crippen LogP contribution is 2.22. The smallest absolute Gasteiger partial charge is 0.244 e. The predicted octanol–water partition coefficient (Wildman–Crippen LogP) is 2.75. The highest BCUT2D eigenvalue weighted by atomic mass is 79.9. The van der Waals surface area contributed by atoms with Gasteiger partial charge in [-0.05, 0) is 54.9 Å². The molecule has 0 spiro atoms. The van der Waals surface area contributed by atoms with Gasteiger partial charge in [0.2, 0.25) is 5.91 Å². The van der Waals surface area contributed by atoms with E-state index in [-0.39, 0.29) is 11.9 Å². The standard InChI is InChI=1S/C14H20BrN3OS/c1-4-18(5-2)14(19)9(3)17-10-6-7-11(13(16)20)12(15)8-10/h6-9,17H,4-5H2,1-3H3,(H2,16,20). The van der Waals surface area contributed by atoms with Crippen molar-refractivity contribution in [2.24, 2.45) is 5.73 Å². The van der Waals surface area contributed by atoms with Gasteiger partial charge in [0.1, 0.15) is 11.0 Å². The summed E-state index contributed by atoms with van der Waals surface area (Å²) in [6.45, 7) is 7.23. The van der Waals surface area contributed by atoms with Crippen molar-refractivity contribution in [2.75, 3.05) is 18.4 Å². The van der Waals surface area contributed by atoms with Crippen LogP contribution in [0, 0.1) is 0 Å². The summed E-state index contributed by atoms with van der Waals surface area (Å²) in [6, 6.07) is 5.30. The molecule has 0 aliphatic carbocycles. The summed E-state index contributed by atoms with van der Waals surface area (Å²) < 4.78 is 0.817. The lowest BCUT2D eigenvalue weighted by Gasteiger charge is -2.24. The zero-order valence-electron chi connectivity index (χ0n) is 11.9. The van der Waals surface area contributed by atoms with E-state index in [2.05, 4.69) is 21.2 Å². The normalized spacial score (nSPS) is 11.8. The minimum atomic E-state index is -0.280. The van der Waals surface area contributed by atoms with Gasteiger partial charge in [0, 0.05) is 28.8 Å². The number of halogens is 1. The Labute approximate surface area is 133 Å². The maximum Gasteiger partial charge on any atom is 0.244 e. The summed E-state index contributed by atoms with van der Waals surface area (Å²) in [6.07, 6.45) is 0. The molecule has 20 heavy (non-hydrogen) atoms. The van der Waals surface area contributed by atoms with E-state index < -0.39 is 0 Å². The van der Waals surface area contributed by atoms with Gasteiger partial charge < -0.3 is 16.0 Å². The quantitative estimate of drug-likeness (QED) is 0.768. The van der Waals surface area contributed by atoms with Crippen molar-refractivity contribution < 1.29 is 4.79 Å². The van der Waals surface area contributed by atoms with E-state index in [4.69, 9.17) is 18.0 Å². The van der Waals surface area contributed by atoms with Gasteiger partial charge in [0.15, 0.2) is 0 Å². The van der Waals surface area contributed by atoms with E-state index in [0.717, 1.165) is 15.7 Å². The Hall–Kier alpha value is -1.14. The second-order valence-corrected chi connectivity index (χ2v) is 5.73. The second kappa shape index (κ2) is 7.59. The molecule has 0 heterocycles. The lowest BCUT2D eigenvalue weighted by atomic mass is 10.2. The van der Waals surface area contributed by atoms with Gasteiger partial charge in [-0.25, -0.2) is 0 Å². The maximum absolute atomic E-state index is 12.2. The highest BCUT2D eigenvalue weighted by Gasteiger charge is 2.18. The number of nitrogens with two attached hydrogens (primary N) is 1. The fourth-order valence-corrected chi connectivity index (χ4v) is 2.83. The first-order valence-electron chi connectivity index (χ1n) is 6.55. The molecule has 0 aromatic heterocycles. The lowest BCUT2D eigenvalue weighted by molar-refractivity contribution is -0.131. The van der Waals surface area contributed by atoms with Crippen LogP contribution in [0.15, 0.2) is 22.7 Å². The summed E-state index contributed by atoms with van der Waals surface area (Å²) in [5.41, 5.74) is 7.25. The minimum absolute atomic E-state index is 0.0875. The SMILES string of the molecule is CCN(CC)C(=O)C(C)Nc1ccc(C(N)=S)c(Br)c1. The molecule has 6 heteroatoms. The van der Waals surface area contributed by atoms with Gasteiger partial charge in [-0.15, -0.1) is 0 Å². The molecule has 1 rings (SSSR count). The van der Waals surface area contributed by atoms with Crippen molar-refractivity contribution in [1.82, 2.24) is 4.90 Å². The van der Waals surface area contributed by atoms with E-state index in [1.165, 1.54) is 0 Å². The molecule has 1 aromatic rings. The molecule has 0 aliphatic rings. The number of nitrogens with one attached hydrogen (secondary N) is 1. The number of benzene rings is 1. The third-order valence-electron chi connectivity index (χ3n) is 3.06. The average molecular weight is 358 g/mol. The van der Waals surface area contributed by atoms with Crippen LogP contribution in [0.5, 0.6) is 0 Å². The van der Waals surface area contributed by atoms with E-state index in [1.54, 1.807) is 4.90 Å². The number of rotatable bonds is 6. The highest BCUT2D eigenvalue weighted by molar-refractivity contribution is 9.10. The number of hydrogen-bond acceptors (Lipinski definition) is 3. The Morgan fingerprint density at radius 1 is 1.45 bits per heavy atom. The minimum Gasteiger partial charge on any atom is -0.389 e. The first-order chi connectivity index (χ1) is 9.40. The van der Waals surface area contributed by atoms with Crippen molar-refractivity contribution in [3.05, 3.63) is 28.2 Å². The third kappa shape index (κ3) is 4.18. The molecule has 1 amide bonds. The van der Waals surface area contributed by atoms with Crippen LogP contribution in [-0.2, 0) is 4.79 Å². The molecule has 110 valence electrons. The van der Waals surface area contributed by atoms with Gasteiger partial charge in [0.05, 0.1) is 0 Å². The molecule has 3 N–H and O–H groups in total. The number of carbonyl (C=O) groups excluding carboxylic acids is 1. The van der Waals surface area contributed by atoms with Gasteiger partial charge in [0.25, 0.3) is 0 Å². The van der Waals surface area contributed by atoms with Crippen LogP contribution in [-0.4, -0.2) is 34.9 Å². The van der Waals surface area contributed by atoms with Crippen LogP contribution in [0.3, 0.4) is 0 Å². The number of thiocarbonyl (C=S) groups is 1. The molecule has 1 unspecified atom stereocenters. The Kier molecular flexibility index (Phi) is 6.42. The first kappa shape index (κ1) is 16.9. The summed E-state index contributed by atoms with van der Waals surface area (Å²) in [4.78, 5) is 14.3. The molecule has 0 saturated carbocycles. The molecule has 0 saturated heterocycles. The Morgan fingerprint density at radius 3 is 2.50 bits per heavy atom. The molecule has 0 bridgehead atoms. The van der Waals surface area contributed by atoms with Crippen molar-refractivity contribution in [1.29, 1.82) is 0 Å². The van der Waals surface area contributed by atoms with Crippen molar-refractivity contribution in [3.8, 4) is 0 Å². The summed E-state index contributed by atoms with van der Waals surface area (Å²) in [5, 5.41) is 3.19. The Balaban J connectivity index is 2.81. The van der Waals surface area contributed by atoms with Gasteiger partial charge >= 0.3 is 0 Å². The Morgan fingerprint density at radius 2 is 2.05 bits per heavy atom. The second-order valence-electron chi connectivity index (χ2n) is 4.44. The zero-order valence-corrected chi connectivity index (χ0v) is 14.3. The molecule has 0 fully saturated rings. The van der Waals surface area contributed by atoms with Crippen LogP contribution in [0.1, 0.15) is 26.3 Å². The van der Waals surface area contributed by atoms with E-state index in [0.29, 0.717) is 18.1 Å². The zero-order chi connectivity index (χ0) is 15.3. The number of likely N-dealkylation sites (N-methyl/N-ethyl adjacent to an activating group) is 1. The van der Waals surface area contributed by atoms with Crippen LogP contribution >= 0.6 is 28.1 Å². The van der Waals surface area contributed by atoms with Gasteiger partial charge in [-0.3, -0.25) is 4.79 Å².